The van der Waals surface area contributed by atoms with E-state index in [1.54, 1.807) is 0 Å². The molecule has 3 N–H and O–H groups in total. The average Bonchev–Trinajstić information content (AvgIpc) is 2.52. The molecule has 0 saturated heterocycles. The van der Waals surface area contributed by atoms with Crippen LogP contribution >= 0.6 is 28.3 Å². The highest BCUT2D eigenvalue weighted by atomic mass is 79.9. The van der Waals surface area contributed by atoms with E-state index in [-0.39, 0.29) is 35.2 Å². The zero-order chi connectivity index (χ0) is 18.2. The Morgan fingerprint density at radius 1 is 1.44 bits per heavy atom. The van der Waals surface area contributed by atoms with E-state index < -0.39 is 5.54 Å². The lowest BCUT2D eigenvalue weighted by molar-refractivity contribution is -0.170. The second-order valence-electron chi connectivity index (χ2n) is 7.92. The molecule has 142 valence electrons. The van der Waals surface area contributed by atoms with E-state index in [4.69, 9.17) is 10.5 Å². The van der Waals surface area contributed by atoms with Crippen LogP contribution in [0, 0.1) is 5.41 Å². The van der Waals surface area contributed by atoms with Gasteiger partial charge in [-0.05, 0) is 24.6 Å². The molecule has 1 saturated carbocycles. The van der Waals surface area contributed by atoms with Gasteiger partial charge in [0.1, 0.15) is 5.54 Å². The monoisotopic (exact) mass is 432 g/mol. The van der Waals surface area contributed by atoms with Crippen molar-refractivity contribution in [1.29, 1.82) is 0 Å². The largest absolute Gasteiger partial charge is 0.378 e. The Bertz CT molecular complexity index is 621. The van der Waals surface area contributed by atoms with E-state index in [2.05, 4.69) is 47.2 Å². The number of halogens is 2. The van der Waals surface area contributed by atoms with Gasteiger partial charge in [0.25, 0.3) is 0 Å². The zero-order valence-corrected chi connectivity index (χ0v) is 18.1. The van der Waals surface area contributed by atoms with Gasteiger partial charge in [-0.1, -0.05) is 55.8 Å². The van der Waals surface area contributed by atoms with Crippen LogP contribution in [0.15, 0.2) is 28.7 Å². The fourth-order valence-electron chi connectivity index (χ4n) is 3.29. The van der Waals surface area contributed by atoms with Crippen LogP contribution in [0.4, 0.5) is 0 Å². The second-order valence-corrected chi connectivity index (χ2v) is 8.83. The van der Waals surface area contributed by atoms with Crippen molar-refractivity contribution in [1.82, 2.24) is 5.32 Å². The predicted octanol–water partition coefficient (Wildman–Crippen LogP) is 3.80. The molecule has 0 spiro atoms. The van der Waals surface area contributed by atoms with Crippen LogP contribution < -0.4 is 11.1 Å². The molecule has 1 amide bonds. The molecule has 6 heteroatoms. The average molecular weight is 434 g/mol. The number of hydrogen-bond acceptors (Lipinski definition) is 3. The fourth-order valence-corrected chi connectivity index (χ4v) is 3.69. The van der Waals surface area contributed by atoms with Gasteiger partial charge in [-0.3, -0.25) is 4.79 Å². The third-order valence-corrected chi connectivity index (χ3v) is 6.03. The topological polar surface area (TPSA) is 64.3 Å². The first-order valence-corrected chi connectivity index (χ1v) is 9.29. The third kappa shape index (κ3) is 4.21. The SMILES string of the molecule is CCOC1CC(N)(C(=O)NCC(C)(C)c2cccc(Br)c2)C1(C)C.Cl. The van der Waals surface area contributed by atoms with E-state index in [9.17, 15) is 4.79 Å². The van der Waals surface area contributed by atoms with E-state index in [0.717, 1.165) is 4.47 Å². The maximum Gasteiger partial charge on any atom is 0.240 e. The number of nitrogens with one attached hydrogen (secondary N) is 1. The number of nitrogens with two attached hydrogens (primary N) is 1. The molecule has 2 unspecified atom stereocenters. The highest BCUT2D eigenvalue weighted by Crippen LogP contribution is 2.49. The van der Waals surface area contributed by atoms with Crippen molar-refractivity contribution in [3.05, 3.63) is 34.3 Å². The molecule has 1 fully saturated rings. The molecule has 4 nitrogen and oxygen atoms in total. The molecule has 0 heterocycles. The Balaban J connectivity index is 0.00000312. The Hall–Kier alpha value is -0.620. The Morgan fingerprint density at radius 3 is 2.60 bits per heavy atom. The van der Waals surface area contributed by atoms with E-state index in [1.165, 1.54) is 5.56 Å². The molecule has 0 radical (unpaired) electrons. The smallest absolute Gasteiger partial charge is 0.240 e. The van der Waals surface area contributed by atoms with Crippen LogP contribution in [-0.2, 0) is 14.9 Å². The minimum Gasteiger partial charge on any atom is -0.378 e. The highest BCUT2D eigenvalue weighted by Gasteiger charge is 2.62. The lowest BCUT2D eigenvalue weighted by atomic mass is 9.54. The van der Waals surface area contributed by atoms with Gasteiger partial charge in [0.05, 0.1) is 6.10 Å². The number of carbonyl (C=O) groups is 1. The van der Waals surface area contributed by atoms with Crippen molar-refractivity contribution in [3.8, 4) is 0 Å². The maximum absolute atomic E-state index is 12.8. The first kappa shape index (κ1) is 22.4. The summed E-state index contributed by atoms with van der Waals surface area (Å²) in [5.74, 6) is -0.0912. The summed E-state index contributed by atoms with van der Waals surface area (Å²) < 4.78 is 6.74. The van der Waals surface area contributed by atoms with Crippen LogP contribution in [0.25, 0.3) is 0 Å². The standard InChI is InChI=1S/C19H29BrN2O2.ClH/c1-6-24-15-11-19(21,18(15,4)5)16(23)22-12-17(2,3)13-8-7-9-14(20)10-13;/h7-10,15H,6,11-12,21H2,1-5H3,(H,22,23);1H. The zero-order valence-electron chi connectivity index (χ0n) is 15.7. The van der Waals surface area contributed by atoms with Gasteiger partial charge in [-0.25, -0.2) is 0 Å². The number of rotatable bonds is 6. The summed E-state index contributed by atoms with van der Waals surface area (Å²) in [5.41, 5.74) is 6.19. The lowest BCUT2D eigenvalue weighted by Gasteiger charge is -2.57. The summed E-state index contributed by atoms with van der Waals surface area (Å²) in [5, 5.41) is 3.07. The van der Waals surface area contributed by atoms with E-state index in [1.807, 2.05) is 32.9 Å². The molecule has 2 rings (SSSR count). The van der Waals surface area contributed by atoms with Crippen molar-refractivity contribution >= 4 is 34.2 Å². The maximum atomic E-state index is 12.8. The molecule has 1 aromatic rings. The van der Waals surface area contributed by atoms with Crippen molar-refractivity contribution in [2.75, 3.05) is 13.2 Å². The van der Waals surface area contributed by atoms with Crippen LogP contribution in [0.5, 0.6) is 0 Å². The molecule has 25 heavy (non-hydrogen) atoms. The van der Waals surface area contributed by atoms with Gasteiger partial charge in [0.15, 0.2) is 0 Å². The van der Waals surface area contributed by atoms with Gasteiger partial charge in [0, 0.05) is 34.9 Å². The Morgan fingerprint density at radius 2 is 2.08 bits per heavy atom. The quantitative estimate of drug-likeness (QED) is 0.717. The molecule has 0 aromatic heterocycles. The summed E-state index contributed by atoms with van der Waals surface area (Å²) in [4.78, 5) is 12.8. The molecular weight excluding hydrogens is 404 g/mol. The summed E-state index contributed by atoms with van der Waals surface area (Å²) in [6.45, 7) is 11.4. The number of amides is 1. The van der Waals surface area contributed by atoms with Crippen LogP contribution in [0.1, 0.15) is 46.6 Å². The third-order valence-electron chi connectivity index (χ3n) is 5.53. The molecular formula is C19H30BrClN2O2. The molecule has 0 aliphatic heterocycles. The van der Waals surface area contributed by atoms with Crippen molar-refractivity contribution in [3.63, 3.8) is 0 Å². The second kappa shape index (κ2) is 7.95. The number of benzene rings is 1. The van der Waals surface area contributed by atoms with Gasteiger partial charge < -0.3 is 15.8 Å². The summed E-state index contributed by atoms with van der Waals surface area (Å²) in [6, 6.07) is 8.17. The number of carbonyl (C=O) groups excluding carboxylic acids is 1. The normalized spacial score (nSPS) is 24.8. The van der Waals surface area contributed by atoms with Crippen molar-refractivity contribution < 1.29 is 9.53 Å². The van der Waals surface area contributed by atoms with Gasteiger partial charge in [-0.2, -0.15) is 0 Å². The molecule has 1 aliphatic carbocycles. The van der Waals surface area contributed by atoms with Crippen LogP contribution in [0.2, 0.25) is 0 Å². The van der Waals surface area contributed by atoms with Gasteiger partial charge in [0.2, 0.25) is 5.91 Å². The molecule has 0 bridgehead atoms. The Labute approximate surface area is 165 Å². The predicted molar refractivity (Wildman–Crippen MR) is 108 cm³/mol. The highest BCUT2D eigenvalue weighted by molar-refractivity contribution is 9.10. The summed E-state index contributed by atoms with van der Waals surface area (Å²) >= 11 is 3.50. The van der Waals surface area contributed by atoms with Gasteiger partial charge >= 0.3 is 0 Å². The van der Waals surface area contributed by atoms with Crippen LogP contribution in [-0.4, -0.2) is 30.7 Å². The number of hydrogen-bond donors (Lipinski definition) is 2. The minimum absolute atomic E-state index is 0. The number of ether oxygens (including phenoxy) is 1. The fraction of sp³-hybridized carbons (Fsp3) is 0.632. The Kier molecular flexibility index (Phi) is 7.13. The van der Waals surface area contributed by atoms with E-state index >= 15 is 0 Å². The first-order chi connectivity index (χ1) is 11.0. The summed E-state index contributed by atoms with van der Waals surface area (Å²) in [7, 11) is 0. The molecule has 1 aliphatic rings. The minimum atomic E-state index is -0.875. The molecule has 1 aromatic carbocycles. The molecule has 2 atom stereocenters. The van der Waals surface area contributed by atoms with Crippen molar-refractivity contribution in [2.45, 2.75) is 58.1 Å². The first-order valence-electron chi connectivity index (χ1n) is 8.49. The van der Waals surface area contributed by atoms with Crippen molar-refractivity contribution in [2.24, 2.45) is 11.1 Å². The van der Waals surface area contributed by atoms with Crippen LogP contribution in [0.3, 0.4) is 0 Å². The summed E-state index contributed by atoms with van der Waals surface area (Å²) in [6.07, 6.45) is 0.605. The lowest BCUT2D eigenvalue weighted by Crippen LogP contribution is -2.76. The van der Waals surface area contributed by atoms with E-state index in [0.29, 0.717) is 19.6 Å². The van der Waals surface area contributed by atoms with Gasteiger partial charge in [-0.15, -0.1) is 12.4 Å².